The second kappa shape index (κ2) is 4.29. The molecular formula is C15H26O2. The van der Waals surface area contributed by atoms with Gasteiger partial charge in [0.2, 0.25) is 0 Å². The normalized spacial score (nSPS) is 40.5. The molecule has 0 saturated heterocycles. The Morgan fingerprint density at radius 1 is 1.12 bits per heavy atom. The van der Waals surface area contributed by atoms with Crippen molar-refractivity contribution in [1.29, 1.82) is 0 Å². The number of rotatable bonds is 1. The highest BCUT2D eigenvalue weighted by atomic mass is 16.6. The SMILES string of the molecule is CC(=O)OC1(C)CCC2CCCCC2C1(C)C. The molecule has 2 aliphatic rings. The third kappa shape index (κ3) is 2.11. The van der Waals surface area contributed by atoms with Crippen LogP contribution in [0.2, 0.25) is 0 Å². The quantitative estimate of drug-likeness (QED) is 0.647. The van der Waals surface area contributed by atoms with Crippen LogP contribution >= 0.6 is 0 Å². The maximum absolute atomic E-state index is 11.3. The average molecular weight is 238 g/mol. The fourth-order valence-electron chi connectivity index (χ4n) is 4.18. The summed E-state index contributed by atoms with van der Waals surface area (Å²) in [6.07, 6.45) is 7.69. The first-order valence-electron chi connectivity index (χ1n) is 7.06. The van der Waals surface area contributed by atoms with Gasteiger partial charge >= 0.3 is 5.97 Å². The van der Waals surface area contributed by atoms with Crippen molar-refractivity contribution >= 4 is 5.97 Å². The highest BCUT2D eigenvalue weighted by molar-refractivity contribution is 5.66. The summed E-state index contributed by atoms with van der Waals surface area (Å²) >= 11 is 0. The molecule has 3 unspecified atom stereocenters. The van der Waals surface area contributed by atoms with Crippen LogP contribution in [0.4, 0.5) is 0 Å². The van der Waals surface area contributed by atoms with Crippen LogP contribution in [0.1, 0.15) is 66.2 Å². The van der Waals surface area contributed by atoms with E-state index in [-0.39, 0.29) is 17.0 Å². The van der Waals surface area contributed by atoms with Crippen LogP contribution in [0.5, 0.6) is 0 Å². The maximum Gasteiger partial charge on any atom is 0.303 e. The van der Waals surface area contributed by atoms with E-state index in [0.29, 0.717) is 0 Å². The van der Waals surface area contributed by atoms with Gasteiger partial charge in [0.25, 0.3) is 0 Å². The fourth-order valence-corrected chi connectivity index (χ4v) is 4.18. The van der Waals surface area contributed by atoms with Crippen molar-refractivity contribution in [2.75, 3.05) is 0 Å². The van der Waals surface area contributed by atoms with E-state index in [1.807, 2.05) is 0 Å². The molecule has 0 bridgehead atoms. The van der Waals surface area contributed by atoms with Gasteiger partial charge in [-0.3, -0.25) is 4.79 Å². The number of hydrogen-bond acceptors (Lipinski definition) is 2. The summed E-state index contributed by atoms with van der Waals surface area (Å²) in [6, 6.07) is 0. The molecule has 2 saturated carbocycles. The number of esters is 1. The summed E-state index contributed by atoms with van der Waals surface area (Å²) in [6.45, 7) is 8.28. The summed E-state index contributed by atoms with van der Waals surface area (Å²) in [5, 5.41) is 0. The van der Waals surface area contributed by atoms with Crippen molar-refractivity contribution in [3.05, 3.63) is 0 Å². The lowest BCUT2D eigenvalue weighted by molar-refractivity contribution is -0.192. The number of hydrogen-bond donors (Lipinski definition) is 0. The summed E-state index contributed by atoms with van der Waals surface area (Å²) in [4.78, 5) is 11.3. The molecular weight excluding hydrogens is 212 g/mol. The lowest BCUT2D eigenvalue weighted by atomic mass is 9.53. The Labute approximate surface area is 105 Å². The molecule has 0 aliphatic heterocycles. The Bertz CT molecular complexity index is 308. The van der Waals surface area contributed by atoms with Crippen LogP contribution in [0.15, 0.2) is 0 Å². The largest absolute Gasteiger partial charge is 0.459 e. The van der Waals surface area contributed by atoms with E-state index < -0.39 is 0 Å². The van der Waals surface area contributed by atoms with Crippen LogP contribution in [0.25, 0.3) is 0 Å². The third-order valence-electron chi connectivity index (χ3n) is 5.56. The molecule has 0 amide bonds. The Morgan fingerprint density at radius 3 is 2.41 bits per heavy atom. The molecule has 0 aromatic heterocycles. The molecule has 2 aliphatic carbocycles. The minimum Gasteiger partial charge on any atom is -0.459 e. The van der Waals surface area contributed by atoms with Crippen molar-refractivity contribution < 1.29 is 9.53 Å². The van der Waals surface area contributed by atoms with Crippen molar-refractivity contribution in [2.45, 2.75) is 71.8 Å². The molecule has 0 N–H and O–H groups in total. The highest BCUT2D eigenvalue weighted by Gasteiger charge is 2.54. The molecule has 17 heavy (non-hydrogen) atoms. The van der Waals surface area contributed by atoms with Crippen LogP contribution in [-0.4, -0.2) is 11.6 Å². The van der Waals surface area contributed by atoms with E-state index in [1.165, 1.54) is 39.0 Å². The fraction of sp³-hybridized carbons (Fsp3) is 0.933. The first-order chi connectivity index (χ1) is 7.87. The minimum absolute atomic E-state index is 0.113. The molecule has 0 aromatic carbocycles. The molecule has 3 atom stereocenters. The zero-order valence-electron chi connectivity index (χ0n) is 11.7. The molecule has 2 heteroatoms. The number of carbonyl (C=O) groups is 1. The molecule has 2 nitrogen and oxygen atoms in total. The van der Waals surface area contributed by atoms with Crippen LogP contribution < -0.4 is 0 Å². The van der Waals surface area contributed by atoms with Gasteiger partial charge in [-0.25, -0.2) is 0 Å². The summed E-state index contributed by atoms with van der Waals surface area (Å²) in [7, 11) is 0. The second-order valence-corrected chi connectivity index (χ2v) is 6.74. The standard InChI is InChI=1S/C15H26O2/c1-11(16)17-15(4)10-9-12-7-5-6-8-13(12)14(15,2)3/h12-13H,5-10H2,1-4H3. The van der Waals surface area contributed by atoms with Crippen molar-refractivity contribution in [2.24, 2.45) is 17.3 Å². The first kappa shape index (κ1) is 12.9. The number of fused-ring (bicyclic) bond motifs is 1. The average Bonchev–Trinajstić information content (AvgIpc) is 2.24. The first-order valence-corrected chi connectivity index (χ1v) is 7.06. The molecule has 98 valence electrons. The smallest absolute Gasteiger partial charge is 0.303 e. The van der Waals surface area contributed by atoms with E-state index in [2.05, 4.69) is 20.8 Å². The van der Waals surface area contributed by atoms with Gasteiger partial charge in [-0.05, 0) is 38.0 Å². The predicted molar refractivity (Wildman–Crippen MR) is 68.6 cm³/mol. The zero-order valence-corrected chi connectivity index (χ0v) is 11.7. The topological polar surface area (TPSA) is 26.3 Å². The molecule has 0 radical (unpaired) electrons. The summed E-state index contributed by atoms with van der Waals surface area (Å²) in [5.41, 5.74) is -0.153. The molecule has 0 aromatic rings. The van der Waals surface area contributed by atoms with Gasteiger partial charge in [-0.1, -0.05) is 33.1 Å². The van der Waals surface area contributed by atoms with Crippen LogP contribution in [0, 0.1) is 17.3 Å². The Hall–Kier alpha value is -0.530. The Morgan fingerprint density at radius 2 is 1.76 bits per heavy atom. The van der Waals surface area contributed by atoms with Crippen LogP contribution in [0.3, 0.4) is 0 Å². The van der Waals surface area contributed by atoms with Gasteiger partial charge in [-0.2, -0.15) is 0 Å². The monoisotopic (exact) mass is 238 g/mol. The van der Waals surface area contributed by atoms with E-state index in [0.717, 1.165) is 18.3 Å². The van der Waals surface area contributed by atoms with Crippen molar-refractivity contribution in [1.82, 2.24) is 0 Å². The zero-order chi connectivity index (χ0) is 12.7. The molecule has 0 heterocycles. The predicted octanol–water partition coefficient (Wildman–Crippen LogP) is 3.93. The highest BCUT2D eigenvalue weighted by Crippen LogP contribution is 2.56. The van der Waals surface area contributed by atoms with Crippen LogP contribution in [-0.2, 0) is 9.53 Å². The Kier molecular flexibility index (Phi) is 3.26. The number of ether oxygens (including phenoxy) is 1. The summed E-state index contributed by atoms with van der Waals surface area (Å²) < 4.78 is 5.70. The van der Waals surface area contributed by atoms with E-state index >= 15 is 0 Å². The minimum atomic E-state index is -0.267. The van der Waals surface area contributed by atoms with Gasteiger partial charge in [0.1, 0.15) is 5.60 Å². The molecule has 2 rings (SSSR count). The van der Waals surface area contributed by atoms with Crippen molar-refractivity contribution in [3.8, 4) is 0 Å². The van der Waals surface area contributed by atoms with E-state index in [4.69, 9.17) is 4.74 Å². The van der Waals surface area contributed by atoms with E-state index in [1.54, 1.807) is 0 Å². The van der Waals surface area contributed by atoms with Gasteiger partial charge in [0, 0.05) is 12.3 Å². The van der Waals surface area contributed by atoms with E-state index in [9.17, 15) is 4.79 Å². The van der Waals surface area contributed by atoms with Gasteiger partial charge in [0.15, 0.2) is 0 Å². The number of carbonyl (C=O) groups excluding carboxylic acids is 1. The van der Waals surface area contributed by atoms with Crippen molar-refractivity contribution in [3.63, 3.8) is 0 Å². The van der Waals surface area contributed by atoms with Gasteiger partial charge in [-0.15, -0.1) is 0 Å². The van der Waals surface area contributed by atoms with Gasteiger partial charge in [0.05, 0.1) is 0 Å². The lowest BCUT2D eigenvalue weighted by Gasteiger charge is -2.56. The third-order valence-corrected chi connectivity index (χ3v) is 5.56. The molecule has 0 spiro atoms. The Balaban J connectivity index is 2.23. The lowest BCUT2D eigenvalue weighted by Crippen LogP contribution is -2.55. The van der Waals surface area contributed by atoms with Gasteiger partial charge < -0.3 is 4.74 Å². The maximum atomic E-state index is 11.3. The molecule has 2 fully saturated rings. The summed E-state index contributed by atoms with van der Waals surface area (Å²) in [5.74, 6) is 1.46. The second-order valence-electron chi connectivity index (χ2n) is 6.74.